The predicted molar refractivity (Wildman–Crippen MR) is 126 cm³/mol. The Morgan fingerprint density at radius 2 is 1.54 bits per heavy atom. The number of hydrogen-bond acceptors (Lipinski definition) is 9. The highest BCUT2D eigenvalue weighted by molar-refractivity contribution is 7.88. The van der Waals surface area contributed by atoms with E-state index in [1.165, 1.54) is 6.92 Å². The molecule has 2 aliphatic rings. The molecule has 2 bridgehead atoms. The fourth-order valence-corrected chi connectivity index (χ4v) is 6.08. The van der Waals surface area contributed by atoms with Crippen LogP contribution in [0.25, 0.3) is 0 Å². The van der Waals surface area contributed by atoms with Gasteiger partial charge in [0.2, 0.25) is 0 Å². The van der Waals surface area contributed by atoms with E-state index in [1.54, 1.807) is 0 Å². The van der Waals surface area contributed by atoms with Gasteiger partial charge in [-0.1, -0.05) is 18.7 Å². The van der Waals surface area contributed by atoms with E-state index in [9.17, 15) is 52.8 Å². The Labute approximate surface area is 230 Å². The Kier molecular flexibility index (Phi) is 8.83. The third kappa shape index (κ3) is 6.18. The van der Waals surface area contributed by atoms with E-state index >= 15 is 0 Å². The van der Waals surface area contributed by atoms with Crippen molar-refractivity contribution in [1.29, 1.82) is 0 Å². The van der Waals surface area contributed by atoms with E-state index in [2.05, 4.69) is 10.8 Å². The highest BCUT2D eigenvalue weighted by Gasteiger charge is 2.83. The maximum absolute atomic E-state index is 13.9. The summed E-state index contributed by atoms with van der Waals surface area (Å²) in [7, 11) is -14.1. The second kappa shape index (κ2) is 11.1. The fourth-order valence-electron chi connectivity index (χ4n) is 4.65. The largest absolute Gasteiger partial charge is 0.465 e. The maximum atomic E-state index is 13.9. The van der Waals surface area contributed by atoms with Gasteiger partial charge in [0.1, 0.15) is 11.9 Å². The normalized spacial score (nSPS) is 23.2. The summed E-state index contributed by atoms with van der Waals surface area (Å²) in [6.07, 6.45) is 1.41. The third-order valence-corrected chi connectivity index (χ3v) is 9.04. The van der Waals surface area contributed by atoms with Crippen molar-refractivity contribution in [3.63, 3.8) is 0 Å². The molecule has 0 aliphatic heterocycles. The molecule has 1 N–H and O–H groups in total. The zero-order valence-electron chi connectivity index (χ0n) is 21.1. The summed E-state index contributed by atoms with van der Waals surface area (Å²) in [6, 6.07) is 3.60. The van der Waals surface area contributed by atoms with Crippen LogP contribution >= 0.6 is 0 Å². The van der Waals surface area contributed by atoms with Gasteiger partial charge in [-0.15, -0.1) is 0 Å². The molecular weight excluding hydrogens is 614 g/mol. The van der Waals surface area contributed by atoms with Gasteiger partial charge in [0, 0.05) is 12.0 Å². The van der Waals surface area contributed by atoms with Gasteiger partial charge in [-0.2, -0.15) is 43.2 Å². The first-order valence-electron chi connectivity index (χ1n) is 11.8. The summed E-state index contributed by atoms with van der Waals surface area (Å²) in [6.45, 7) is 4.91. The Hall–Kier alpha value is -2.86. The van der Waals surface area contributed by atoms with Gasteiger partial charge in [-0.3, -0.25) is 9.35 Å². The molecule has 2 fully saturated rings. The minimum atomic E-state index is -7.15. The number of carbonyl (C=O) groups is 2. The number of fused-ring (bicyclic) bond motifs is 2. The number of benzene rings is 1. The lowest BCUT2D eigenvalue weighted by molar-refractivity contribution is -0.247. The standard InChI is InChI=1S/C23H24F6O10S2/c1-12(2)19(30)38-18-11-14-9-15(18)10-17(14)20(31)37-8-7-13-3-5-16(6-4-13)39-41(35,36)23(28,29)21(24,25)22(26,27)40(32,33)34/h3-6,14-15,17-18H,1,7-11H2,2H3,(H,32,33,34). The monoisotopic (exact) mass is 638 g/mol. The number of ether oxygens (including phenoxy) is 2. The lowest BCUT2D eigenvalue weighted by Crippen LogP contribution is -2.61. The predicted octanol–water partition coefficient (Wildman–Crippen LogP) is 3.72. The molecule has 41 heavy (non-hydrogen) atoms. The zero-order chi connectivity index (χ0) is 31.2. The van der Waals surface area contributed by atoms with Crippen molar-refractivity contribution in [3.8, 4) is 5.75 Å². The van der Waals surface area contributed by atoms with Crippen molar-refractivity contribution in [2.75, 3.05) is 6.61 Å². The average molecular weight is 639 g/mol. The number of hydrogen-bond donors (Lipinski definition) is 1. The number of halogens is 6. The van der Waals surface area contributed by atoms with Crippen LogP contribution in [0.2, 0.25) is 0 Å². The van der Waals surface area contributed by atoms with E-state index < -0.39 is 60.3 Å². The van der Waals surface area contributed by atoms with Gasteiger partial charge < -0.3 is 13.7 Å². The molecule has 2 aliphatic carbocycles. The van der Waals surface area contributed by atoms with Crippen LogP contribution in [0.1, 0.15) is 31.7 Å². The number of rotatable bonds is 12. The molecule has 0 radical (unpaired) electrons. The SMILES string of the molecule is C=C(C)C(=O)OC1CC2CC1CC2C(=O)OCCc1ccc(OS(=O)(=O)C(F)(F)C(F)(F)C(F)(F)S(=O)(=O)O)cc1. The fraction of sp³-hybridized carbons (Fsp3) is 0.565. The molecule has 1 aromatic carbocycles. The summed E-state index contributed by atoms with van der Waals surface area (Å²) >= 11 is 0. The molecule has 4 atom stereocenters. The summed E-state index contributed by atoms with van der Waals surface area (Å²) in [5.74, 6) is -9.52. The molecule has 0 spiro atoms. The number of esters is 2. The Morgan fingerprint density at radius 3 is 2.02 bits per heavy atom. The van der Waals surface area contributed by atoms with Gasteiger partial charge in [0.15, 0.2) is 0 Å². The first-order chi connectivity index (χ1) is 18.6. The summed E-state index contributed by atoms with van der Waals surface area (Å²) < 4.78 is 149. The molecule has 0 heterocycles. The quantitative estimate of drug-likeness (QED) is 0.118. The Bertz CT molecular complexity index is 1410. The molecule has 0 aromatic heterocycles. The van der Waals surface area contributed by atoms with Crippen molar-refractivity contribution < 1.29 is 71.0 Å². The van der Waals surface area contributed by atoms with Gasteiger partial charge in [0.05, 0.1) is 12.5 Å². The van der Waals surface area contributed by atoms with Crippen LogP contribution in [0.15, 0.2) is 36.4 Å². The van der Waals surface area contributed by atoms with E-state index in [1.807, 2.05) is 0 Å². The van der Waals surface area contributed by atoms with Crippen LogP contribution in [0, 0.1) is 17.8 Å². The highest BCUT2D eigenvalue weighted by Crippen LogP contribution is 2.51. The molecule has 1 aromatic rings. The molecule has 0 amide bonds. The molecule has 18 heteroatoms. The van der Waals surface area contributed by atoms with Gasteiger partial charge in [-0.25, -0.2) is 4.79 Å². The van der Waals surface area contributed by atoms with Crippen LogP contribution < -0.4 is 4.18 Å². The lowest BCUT2D eigenvalue weighted by Gasteiger charge is -2.29. The van der Waals surface area contributed by atoms with Crippen molar-refractivity contribution in [2.45, 2.75) is 55.1 Å². The van der Waals surface area contributed by atoms with Crippen LogP contribution in [0.3, 0.4) is 0 Å². The van der Waals surface area contributed by atoms with E-state index in [4.69, 9.17) is 14.0 Å². The van der Waals surface area contributed by atoms with Crippen molar-refractivity contribution >= 4 is 32.2 Å². The molecule has 4 unspecified atom stereocenters. The van der Waals surface area contributed by atoms with Crippen LogP contribution in [0.5, 0.6) is 5.75 Å². The molecular formula is C23H24F6O10S2. The molecule has 230 valence electrons. The van der Waals surface area contributed by atoms with Crippen molar-refractivity contribution in [1.82, 2.24) is 0 Å². The maximum Gasteiger partial charge on any atom is 0.450 e. The molecule has 10 nitrogen and oxygen atoms in total. The summed E-state index contributed by atoms with van der Waals surface area (Å²) in [5.41, 5.74) is 0.613. The summed E-state index contributed by atoms with van der Waals surface area (Å²) in [4.78, 5) is 24.2. The van der Waals surface area contributed by atoms with Crippen molar-refractivity contribution in [2.24, 2.45) is 17.8 Å². The van der Waals surface area contributed by atoms with Crippen LogP contribution in [0.4, 0.5) is 26.3 Å². The van der Waals surface area contributed by atoms with Crippen LogP contribution in [-0.2, 0) is 45.7 Å². The number of alkyl halides is 6. The summed E-state index contributed by atoms with van der Waals surface area (Å²) in [5, 5.41) is -13.7. The zero-order valence-corrected chi connectivity index (χ0v) is 22.7. The first kappa shape index (κ1) is 32.7. The molecule has 3 rings (SSSR count). The first-order valence-corrected chi connectivity index (χ1v) is 14.6. The van der Waals surface area contributed by atoms with E-state index in [-0.39, 0.29) is 36.5 Å². The number of carbonyl (C=O) groups excluding carboxylic acids is 2. The van der Waals surface area contributed by atoms with E-state index in [0.717, 1.165) is 12.1 Å². The molecule has 0 saturated heterocycles. The third-order valence-electron chi connectivity index (χ3n) is 6.84. The topological polar surface area (TPSA) is 150 Å². The molecule has 2 saturated carbocycles. The Balaban J connectivity index is 1.54. The lowest BCUT2D eigenvalue weighted by atomic mass is 9.87. The van der Waals surface area contributed by atoms with Gasteiger partial charge >= 0.3 is 48.6 Å². The Morgan fingerprint density at radius 1 is 0.951 bits per heavy atom. The van der Waals surface area contributed by atoms with Gasteiger partial charge in [-0.05, 0) is 55.7 Å². The smallest absolute Gasteiger partial charge is 0.450 e. The second-order valence-electron chi connectivity index (χ2n) is 9.74. The van der Waals surface area contributed by atoms with E-state index in [0.29, 0.717) is 37.0 Å². The van der Waals surface area contributed by atoms with Gasteiger partial charge in [0.25, 0.3) is 0 Å². The second-order valence-corrected chi connectivity index (χ2v) is 12.8. The van der Waals surface area contributed by atoms with Crippen LogP contribution in [-0.4, -0.2) is 62.5 Å². The highest BCUT2D eigenvalue weighted by atomic mass is 32.2. The van der Waals surface area contributed by atoms with Crippen molar-refractivity contribution in [3.05, 3.63) is 42.0 Å². The minimum Gasteiger partial charge on any atom is -0.465 e. The average Bonchev–Trinajstić information content (AvgIpc) is 3.44. The minimum absolute atomic E-state index is 0.0104.